The Morgan fingerprint density at radius 2 is 2.33 bits per heavy atom. The summed E-state index contributed by atoms with van der Waals surface area (Å²) in [7, 11) is 0. The van der Waals surface area contributed by atoms with Crippen LogP contribution < -0.4 is 5.32 Å². The summed E-state index contributed by atoms with van der Waals surface area (Å²) in [6, 6.07) is 4.69. The van der Waals surface area contributed by atoms with Crippen LogP contribution in [0.2, 0.25) is 4.47 Å². The van der Waals surface area contributed by atoms with Gasteiger partial charge in [0.2, 0.25) is 0 Å². The van der Waals surface area contributed by atoms with Crippen LogP contribution in [0.3, 0.4) is 0 Å². The number of hydrogen-bond acceptors (Lipinski definition) is 4. The zero-order valence-corrected chi connectivity index (χ0v) is 12.0. The standard InChI is InChI=1S/C11H6BrClFN3S/c12-9-8(14)2-1-6(3-15)10(9)16-4-7-5-17-11(13)18-7/h1-2,5,16H,4H2. The molecule has 3 nitrogen and oxygen atoms in total. The van der Waals surface area contributed by atoms with Crippen molar-refractivity contribution in [1.29, 1.82) is 5.26 Å². The van der Waals surface area contributed by atoms with Gasteiger partial charge in [0.1, 0.15) is 11.9 Å². The Morgan fingerprint density at radius 3 is 2.94 bits per heavy atom. The number of nitrogens with zero attached hydrogens (tertiary/aromatic N) is 2. The number of nitriles is 1. The Hall–Kier alpha value is -1.16. The van der Waals surface area contributed by atoms with Crippen LogP contribution in [-0.2, 0) is 6.54 Å². The van der Waals surface area contributed by atoms with Gasteiger partial charge in [0, 0.05) is 11.1 Å². The number of benzene rings is 1. The van der Waals surface area contributed by atoms with E-state index in [0.29, 0.717) is 22.3 Å². The molecule has 0 bridgehead atoms. The summed E-state index contributed by atoms with van der Waals surface area (Å²) >= 11 is 10.2. The summed E-state index contributed by atoms with van der Waals surface area (Å²) in [5, 5.41) is 12.0. The smallest absolute Gasteiger partial charge is 0.183 e. The Morgan fingerprint density at radius 1 is 1.56 bits per heavy atom. The molecule has 0 unspecified atom stereocenters. The monoisotopic (exact) mass is 345 g/mol. The average molecular weight is 347 g/mol. The first-order valence-corrected chi connectivity index (χ1v) is 6.82. The van der Waals surface area contributed by atoms with Crippen molar-refractivity contribution in [2.75, 3.05) is 5.32 Å². The highest BCUT2D eigenvalue weighted by atomic mass is 79.9. The molecule has 0 saturated heterocycles. The van der Waals surface area contributed by atoms with E-state index in [1.165, 1.54) is 23.5 Å². The van der Waals surface area contributed by atoms with Crippen molar-refractivity contribution in [3.05, 3.63) is 43.5 Å². The summed E-state index contributed by atoms with van der Waals surface area (Å²) in [5.74, 6) is -0.418. The van der Waals surface area contributed by atoms with Crippen LogP contribution in [0.15, 0.2) is 22.8 Å². The van der Waals surface area contributed by atoms with E-state index in [9.17, 15) is 4.39 Å². The molecule has 1 aromatic heterocycles. The molecule has 0 saturated carbocycles. The first-order chi connectivity index (χ1) is 8.61. The summed E-state index contributed by atoms with van der Waals surface area (Å²) in [5.41, 5.74) is 0.806. The van der Waals surface area contributed by atoms with Gasteiger partial charge in [0.25, 0.3) is 0 Å². The second kappa shape index (κ2) is 5.65. The fraction of sp³-hybridized carbons (Fsp3) is 0.0909. The number of aromatic nitrogens is 1. The van der Waals surface area contributed by atoms with E-state index in [4.69, 9.17) is 16.9 Å². The molecule has 18 heavy (non-hydrogen) atoms. The van der Waals surface area contributed by atoms with Crippen LogP contribution >= 0.6 is 38.9 Å². The maximum absolute atomic E-state index is 13.4. The van der Waals surface area contributed by atoms with Gasteiger partial charge in [-0.05, 0) is 28.1 Å². The molecule has 2 rings (SSSR count). The Kier molecular flexibility index (Phi) is 4.17. The SMILES string of the molecule is N#Cc1ccc(F)c(Br)c1NCc1cnc(Cl)s1. The average Bonchev–Trinajstić information content (AvgIpc) is 2.77. The van der Waals surface area contributed by atoms with E-state index < -0.39 is 5.82 Å². The minimum absolute atomic E-state index is 0.247. The van der Waals surface area contributed by atoms with Crippen molar-refractivity contribution in [2.24, 2.45) is 0 Å². The van der Waals surface area contributed by atoms with Crippen LogP contribution in [0, 0.1) is 17.1 Å². The molecule has 2 aromatic rings. The predicted molar refractivity (Wildman–Crippen MR) is 73.3 cm³/mol. The first kappa shape index (κ1) is 13.3. The fourth-order valence-corrected chi connectivity index (χ4v) is 2.76. The number of thiazole rings is 1. The summed E-state index contributed by atoms with van der Waals surface area (Å²) in [6.07, 6.45) is 1.64. The molecule has 1 heterocycles. The highest BCUT2D eigenvalue weighted by Gasteiger charge is 2.11. The Balaban J connectivity index is 2.23. The number of halogens is 3. The number of hydrogen-bond donors (Lipinski definition) is 1. The number of nitrogens with one attached hydrogen (secondary N) is 1. The van der Waals surface area contributed by atoms with Crippen molar-refractivity contribution >= 4 is 44.6 Å². The minimum Gasteiger partial charge on any atom is -0.378 e. The first-order valence-electron chi connectivity index (χ1n) is 4.84. The van der Waals surface area contributed by atoms with E-state index in [1.54, 1.807) is 6.20 Å². The summed E-state index contributed by atoms with van der Waals surface area (Å²) in [6.45, 7) is 0.432. The molecule has 0 aliphatic heterocycles. The van der Waals surface area contributed by atoms with Crippen LogP contribution in [0.4, 0.5) is 10.1 Å². The quantitative estimate of drug-likeness (QED) is 0.907. The highest BCUT2D eigenvalue weighted by molar-refractivity contribution is 9.10. The lowest BCUT2D eigenvalue weighted by Gasteiger charge is -2.09. The van der Waals surface area contributed by atoms with Crippen molar-refractivity contribution in [2.45, 2.75) is 6.54 Å². The third-order valence-corrected chi connectivity index (χ3v) is 4.07. The van der Waals surface area contributed by atoms with Gasteiger partial charge < -0.3 is 5.32 Å². The van der Waals surface area contributed by atoms with E-state index in [0.717, 1.165) is 4.88 Å². The molecule has 0 aliphatic rings. The molecule has 0 amide bonds. The van der Waals surface area contributed by atoms with Crippen molar-refractivity contribution < 1.29 is 4.39 Å². The third-order valence-electron chi connectivity index (χ3n) is 2.18. The van der Waals surface area contributed by atoms with E-state index in [1.807, 2.05) is 6.07 Å². The summed E-state index contributed by atoms with van der Waals surface area (Å²) < 4.78 is 14.1. The topological polar surface area (TPSA) is 48.7 Å². The fourth-order valence-electron chi connectivity index (χ4n) is 1.36. The maximum atomic E-state index is 13.4. The maximum Gasteiger partial charge on any atom is 0.183 e. The molecule has 92 valence electrons. The Bertz CT molecular complexity index is 623. The van der Waals surface area contributed by atoms with E-state index in [-0.39, 0.29) is 4.47 Å². The predicted octanol–water partition coefficient (Wildman–Crippen LogP) is 4.18. The van der Waals surface area contributed by atoms with Gasteiger partial charge in [-0.2, -0.15) is 5.26 Å². The lowest BCUT2D eigenvalue weighted by molar-refractivity contribution is 0.621. The molecular weight excluding hydrogens is 341 g/mol. The van der Waals surface area contributed by atoms with Gasteiger partial charge in [0.15, 0.2) is 4.47 Å². The second-order valence-corrected chi connectivity index (χ2v) is 5.82. The summed E-state index contributed by atoms with van der Waals surface area (Å²) in [4.78, 5) is 4.81. The molecule has 1 aromatic carbocycles. The molecular formula is C11H6BrClFN3S. The molecule has 1 N–H and O–H groups in total. The van der Waals surface area contributed by atoms with Crippen LogP contribution in [0.1, 0.15) is 10.4 Å². The lowest BCUT2D eigenvalue weighted by atomic mass is 10.2. The molecule has 0 atom stereocenters. The van der Waals surface area contributed by atoms with Crippen molar-refractivity contribution in [3.63, 3.8) is 0 Å². The third kappa shape index (κ3) is 2.80. The van der Waals surface area contributed by atoms with E-state index >= 15 is 0 Å². The zero-order chi connectivity index (χ0) is 13.1. The largest absolute Gasteiger partial charge is 0.378 e. The van der Waals surface area contributed by atoms with Crippen molar-refractivity contribution in [3.8, 4) is 6.07 Å². The van der Waals surface area contributed by atoms with Gasteiger partial charge in [0.05, 0.1) is 22.3 Å². The Labute approximate surface area is 120 Å². The molecule has 0 fully saturated rings. The van der Waals surface area contributed by atoms with Gasteiger partial charge >= 0.3 is 0 Å². The van der Waals surface area contributed by atoms with Gasteiger partial charge in [-0.15, -0.1) is 11.3 Å². The molecule has 7 heteroatoms. The molecule has 0 spiro atoms. The van der Waals surface area contributed by atoms with Crippen molar-refractivity contribution in [1.82, 2.24) is 4.98 Å². The number of anilines is 1. The second-order valence-electron chi connectivity index (χ2n) is 3.33. The van der Waals surface area contributed by atoms with E-state index in [2.05, 4.69) is 26.2 Å². The molecule has 0 radical (unpaired) electrons. The number of rotatable bonds is 3. The van der Waals surface area contributed by atoms with Crippen LogP contribution in [0.25, 0.3) is 0 Å². The van der Waals surface area contributed by atoms with Crippen LogP contribution in [0.5, 0.6) is 0 Å². The van der Waals surface area contributed by atoms with Crippen LogP contribution in [-0.4, -0.2) is 4.98 Å². The van der Waals surface area contributed by atoms with Gasteiger partial charge in [-0.25, -0.2) is 9.37 Å². The lowest BCUT2D eigenvalue weighted by Crippen LogP contribution is -2.02. The van der Waals surface area contributed by atoms with Gasteiger partial charge in [-0.1, -0.05) is 11.6 Å². The normalized spacial score (nSPS) is 10.1. The van der Waals surface area contributed by atoms with Gasteiger partial charge in [-0.3, -0.25) is 0 Å². The highest BCUT2D eigenvalue weighted by Crippen LogP contribution is 2.30. The molecule has 0 aliphatic carbocycles. The minimum atomic E-state index is -0.418. The zero-order valence-electron chi connectivity index (χ0n) is 8.88.